The highest BCUT2D eigenvalue weighted by Crippen LogP contribution is 2.52. The van der Waals surface area contributed by atoms with Crippen LogP contribution in [0.5, 0.6) is 0 Å². The fraction of sp³-hybridized carbons (Fsp3) is 0.286. The number of anilines is 1. The SMILES string of the molecule is N#Cc1c(C(F)(F)F)cc(-c2ccccc2)c2c3n(nc12)[C@@]1(c2ccccc2)CCCC[C@H]1CN3. The molecule has 1 aliphatic carbocycles. The normalized spacial score (nSPS) is 21.6. The molecule has 7 heteroatoms. The third-order valence-electron chi connectivity index (χ3n) is 7.65. The number of benzene rings is 3. The Morgan fingerprint density at radius 3 is 2.43 bits per heavy atom. The molecule has 0 saturated heterocycles. The summed E-state index contributed by atoms with van der Waals surface area (Å²) in [4.78, 5) is 0. The lowest BCUT2D eigenvalue weighted by atomic mass is 9.68. The van der Waals surface area contributed by atoms with Crippen LogP contribution in [0.2, 0.25) is 0 Å². The molecule has 0 bridgehead atoms. The fourth-order valence-corrected chi connectivity index (χ4v) is 6.13. The van der Waals surface area contributed by atoms with Gasteiger partial charge >= 0.3 is 6.18 Å². The molecule has 2 heterocycles. The van der Waals surface area contributed by atoms with Gasteiger partial charge in [0.2, 0.25) is 0 Å². The first-order valence-electron chi connectivity index (χ1n) is 11.9. The molecule has 35 heavy (non-hydrogen) atoms. The molecule has 4 aromatic rings. The van der Waals surface area contributed by atoms with Crippen LogP contribution in [0.4, 0.5) is 19.0 Å². The molecule has 2 aliphatic rings. The van der Waals surface area contributed by atoms with Crippen molar-refractivity contribution in [3.05, 3.63) is 83.4 Å². The van der Waals surface area contributed by atoms with Crippen LogP contribution in [-0.2, 0) is 11.7 Å². The molecule has 6 rings (SSSR count). The van der Waals surface area contributed by atoms with Crippen molar-refractivity contribution in [3.63, 3.8) is 0 Å². The topological polar surface area (TPSA) is 53.6 Å². The van der Waals surface area contributed by atoms with Crippen LogP contribution in [0.15, 0.2) is 66.7 Å². The number of nitrogens with zero attached hydrogens (tertiary/aromatic N) is 3. The van der Waals surface area contributed by atoms with E-state index in [-0.39, 0.29) is 11.4 Å². The number of hydrogen-bond acceptors (Lipinski definition) is 3. The van der Waals surface area contributed by atoms with E-state index in [0.29, 0.717) is 28.9 Å². The molecule has 1 aromatic heterocycles. The molecule has 0 radical (unpaired) electrons. The third-order valence-corrected chi connectivity index (χ3v) is 7.65. The lowest BCUT2D eigenvalue weighted by molar-refractivity contribution is -0.137. The van der Waals surface area contributed by atoms with E-state index in [9.17, 15) is 18.4 Å². The van der Waals surface area contributed by atoms with Gasteiger partial charge in [0.05, 0.1) is 22.1 Å². The maximum Gasteiger partial charge on any atom is 0.417 e. The number of hydrogen-bond donors (Lipinski definition) is 1. The second kappa shape index (κ2) is 7.88. The summed E-state index contributed by atoms with van der Waals surface area (Å²) in [6, 6.07) is 22.1. The van der Waals surface area contributed by atoms with Gasteiger partial charge in [0.15, 0.2) is 0 Å². The van der Waals surface area contributed by atoms with Crippen molar-refractivity contribution in [2.75, 3.05) is 11.9 Å². The van der Waals surface area contributed by atoms with E-state index < -0.39 is 22.8 Å². The van der Waals surface area contributed by atoms with Gasteiger partial charge in [-0.05, 0) is 35.6 Å². The second-order valence-corrected chi connectivity index (χ2v) is 9.42. The van der Waals surface area contributed by atoms with Crippen molar-refractivity contribution in [1.29, 1.82) is 5.26 Å². The summed E-state index contributed by atoms with van der Waals surface area (Å²) in [6.07, 6.45) is -0.717. The number of nitriles is 1. The van der Waals surface area contributed by atoms with Gasteiger partial charge in [0, 0.05) is 12.5 Å². The number of rotatable bonds is 2. The number of fused-ring (bicyclic) bond motifs is 5. The minimum atomic E-state index is -4.68. The summed E-state index contributed by atoms with van der Waals surface area (Å²) < 4.78 is 44.4. The number of halogens is 3. The molecule has 1 N–H and O–H groups in total. The summed E-state index contributed by atoms with van der Waals surface area (Å²) in [5.74, 6) is 0.930. The summed E-state index contributed by atoms with van der Waals surface area (Å²) in [7, 11) is 0. The predicted octanol–water partition coefficient (Wildman–Crippen LogP) is 6.95. The molecule has 0 amide bonds. The monoisotopic (exact) mass is 472 g/mol. The number of alkyl halides is 3. The zero-order chi connectivity index (χ0) is 24.2. The van der Waals surface area contributed by atoms with E-state index in [0.717, 1.165) is 37.3 Å². The first-order chi connectivity index (χ1) is 16.9. The van der Waals surface area contributed by atoms with Gasteiger partial charge < -0.3 is 5.32 Å². The Hall–Kier alpha value is -3.79. The van der Waals surface area contributed by atoms with Gasteiger partial charge in [-0.2, -0.15) is 23.5 Å². The van der Waals surface area contributed by atoms with E-state index in [4.69, 9.17) is 5.10 Å². The van der Waals surface area contributed by atoms with Gasteiger partial charge in [-0.1, -0.05) is 73.5 Å². The molecule has 1 saturated carbocycles. The van der Waals surface area contributed by atoms with Crippen molar-refractivity contribution in [3.8, 4) is 17.2 Å². The first-order valence-corrected chi connectivity index (χ1v) is 11.9. The van der Waals surface area contributed by atoms with Crippen LogP contribution in [-0.4, -0.2) is 16.3 Å². The van der Waals surface area contributed by atoms with Crippen LogP contribution in [0, 0.1) is 17.2 Å². The fourth-order valence-electron chi connectivity index (χ4n) is 6.13. The highest BCUT2D eigenvalue weighted by Gasteiger charge is 2.49. The smallest absolute Gasteiger partial charge is 0.369 e. The molecule has 1 aliphatic heterocycles. The third kappa shape index (κ3) is 3.16. The molecule has 2 atom stereocenters. The molecular weight excluding hydrogens is 449 g/mol. The average molecular weight is 473 g/mol. The Labute approximate surface area is 201 Å². The minimum Gasteiger partial charge on any atom is -0.369 e. The molecular formula is C28H23F3N4. The van der Waals surface area contributed by atoms with Crippen molar-refractivity contribution >= 4 is 16.7 Å². The van der Waals surface area contributed by atoms with E-state index in [1.165, 1.54) is 0 Å². The van der Waals surface area contributed by atoms with Gasteiger partial charge in [0.25, 0.3) is 0 Å². The standard InChI is InChI=1S/C28H23F3N4/c29-28(30,31)23-15-21(18-9-3-1-4-10-18)24-25(22(23)16-32)34-35-26(24)33-17-20-13-7-8-14-27(20,35)19-11-5-2-6-12-19/h1-6,9-12,15,20,33H,7-8,13-14,17H2/t20-,27+/m0/s1. The lowest BCUT2D eigenvalue weighted by Gasteiger charge is -2.48. The second-order valence-electron chi connectivity index (χ2n) is 9.42. The minimum absolute atomic E-state index is 0.102. The molecule has 0 spiro atoms. The Bertz CT molecular complexity index is 1450. The Balaban J connectivity index is 1.75. The van der Waals surface area contributed by atoms with Gasteiger partial charge in [0.1, 0.15) is 17.4 Å². The first kappa shape index (κ1) is 21.7. The Morgan fingerprint density at radius 2 is 1.74 bits per heavy atom. The van der Waals surface area contributed by atoms with Crippen LogP contribution >= 0.6 is 0 Å². The van der Waals surface area contributed by atoms with Crippen molar-refractivity contribution < 1.29 is 13.2 Å². The van der Waals surface area contributed by atoms with Crippen LogP contribution in [0.3, 0.4) is 0 Å². The van der Waals surface area contributed by atoms with Crippen molar-refractivity contribution in [1.82, 2.24) is 9.78 Å². The Kier molecular flexibility index (Phi) is 4.89. The lowest BCUT2D eigenvalue weighted by Crippen LogP contribution is -2.51. The van der Waals surface area contributed by atoms with Crippen LogP contribution < -0.4 is 5.32 Å². The van der Waals surface area contributed by atoms with Crippen LogP contribution in [0.1, 0.15) is 42.4 Å². The van der Waals surface area contributed by atoms with E-state index >= 15 is 0 Å². The number of aromatic nitrogens is 2. The van der Waals surface area contributed by atoms with Gasteiger partial charge in [-0.15, -0.1) is 0 Å². The molecule has 0 unspecified atom stereocenters. The van der Waals surface area contributed by atoms with E-state index in [1.807, 2.05) is 35.0 Å². The van der Waals surface area contributed by atoms with E-state index in [2.05, 4.69) is 17.4 Å². The Morgan fingerprint density at radius 1 is 1.03 bits per heavy atom. The molecule has 3 aromatic carbocycles. The van der Waals surface area contributed by atoms with Gasteiger partial charge in [-0.25, -0.2) is 4.68 Å². The molecule has 1 fully saturated rings. The van der Waals surface area contributed by atoms with Crippen molar-refractivity contribution in [2.45, 2.75) is 37.4 Å². The highest BCUT2D eigenvalue weighted by atomic mass is 19.4. The summed E-state index contributed by atoms with van der Waals surface area (Å²) >= 11 is 0. The maximum atomic E-state index is 14.2. The van der Waals surface area contributed by atoms with E-state index in [1.54, 1.807) is 24.3 Å². The van der Waals surface area contributed by atoms with Crippen molar-refractivity contribution in [2.24, 2.45) is 5.92 Å². The zero-order valence-corrected chi connectivity index (χ0v) is 18.9. The quantitative estimate of drug-likeness (QED) is 0.343. The van der Waals surface area contributed by atoms with Gasteiger partial charge in [-0.3, -0.25) is 0 Å². The highest BCUT2D eigenvalue weighted by molar-refractivity contribution is 6.06. The average Bonchev–Trinajstić information content (AvgIpc) is 3.28. The summed E-state index contributed by atoms with van der Waals surface area (Å²) in [5, 5.41) is 18.8. The van der Waals surface area contributed by atoms with Crippen LogP contribution in [0.25, 0.3) is 22.0 Å². The largest absolute Gasteiger partial charge is 0.417 e. The maximum absolute atomic E-state index is 14.2. The predicted molar refractivity (Wildman–Crippen MR) is 129 cm³/mol. The summed E-state index contributed by atoms with van der Waals surface area (Å²) in [5.41, 5.74) is 0.448. The zero-order valence-electron chi connectivity index (χ0n) is 18.9. The summed E-state index contributed by atoms with van der Waals surface area (Å²) in [6.45, 7) is 0.701. The molecule has 4 nitrogen and oxygen atoms in total. The number of nitrogens with one attached hydrogen (secondary N) is 1. The molecule has 176 valence electrons.